The first-order chi connectivity index (χ1) is 8.40. The Labute approximate surface area is 108 Å². The quantitative estimate of drug-likeness (QED) is 0.894. The monoisotopic (exact) mass is 252 g/mol. The number of methoxy groups -OCH3 is 1. The molecule has 100 valence electrons. The Bertz CT molecular complexity index is 382. The lowest BCUT2D eigenvalue weighted by atomic mass is 10.2. The molecule has 1 N–H and O–H groups in total. The van der Waals surface area contributed by atoms with E-state index in [-0.39, 0.29) is 0 Å². The molecule has 0 saturated carbocycles. The number of nitrogens with one attached hydrogen (secondary N) is 1. The highest BCUT2D eigenvalue weighted by molar-refractivity contribution is 5.83. The fraction of sp³-hybridized carbons (Fsp3) is 0.538. The summed E-state index contributed by atoms with van der Waals surface area (Å²) in [5.74, 6) is 0.477. The Morgan fingerprint density at radius 1 is 1.39 bits per heavy atom. The fourth-order valence-corrected chi connectivity index (χ4v) is 1.27. The van der Waals surface area contributed by atoms with Gasteiger partial charge in [0.15, 0.2) is 0 Å². The number of hydrogen-bond donors (Lipinski definition) is 1. The number of carbonyl (C=O) groups excluding carboxylic acids is 1. The minimum absolute atomic E-state index is 0.477. The Kier molecular flexibility index (Phi) is 5.09. The van der Waals surface area contributed by atoms with E-state index in [9.17, 15) is 4.79 Å². The topological polar surface area (TPSA) is 60.5 Å². The molecular weight excluding hydrogens is 232 g/mol. The molecule has 0 saturated heterocycles. The highest BCUT2D eigenvalue weighted by Gasteiger charge is 2.16. The second-order valence-corrected chi connectivity index (χ2v) is 4.92. The van der Waals surface area contributed by atoms with Gasteiger partial charge in [-0.3, -0.25) is 5.32 Å². The standard InChI is InChI=1S/C13H20N2O3/c1-13(2,3)18-12(16)15-11-6-5-10(9-14-11)7-8-17-4/h5-6,9H,7-8H2,1-4H3,(H,14,15,16). The molecule has 0 atom stereocenters. The number of carbonyl (C=O) groups is 1. The van der Waals surface area contributed by atoms with Gasteiger partial charge in [0.25, 0.3) is 0 Å². The van der Waals surface area contributed by atoms with Crippen LogP contribution in [0.15, 0.2) is 18.3 Å². The lowest BCUT2D eigenvalue weighted by Crippen LogP contribution is -2.27. The number of nitrogens with zero attached hydrogens (tertiary/aromatic N) is 1. The van der Waals surface area contributed by atoms with Crippen molar-refractivity contribution < 1.29 is 14.3 Å². The molecule has 0 bridgehead atoms. The zero-order valence-corrected chi connectivity index (χ0v) is 11.3. The third kappa shape index (κ3) is 5.63. The number of aromatic nitrogens is 1. The number of hydrogen-bond acceptors (Lipinski definition) is 4. The SMILES string of the molecule is COCCc1ccc(NC(=O)OC(C)(C)C)nc1. The van der Waals surface area contributed by atoms with Crippen LogP contribution in [0.5, 0.6) is 0 Å². The zero-order valence-electron chi connectivity index (χ0n) is 11.3. The number of amides is 1. The van der Waals surface area contributed by atoms with E-state index < -0.39 is 11.7 Å². The van der Waals surface area contributed by atoms with E-state index >= 15 is 0 Å². The van der Waals surface area contributed by atoms with Crippen LogP contribution in [0.2, 0.25) is 0 Å². The average Bonchev–Trinajstić information content (AvgIpc) is 2.25. The van der Waals surface area contributed by atoms with Gasteiger partial charge in [0.2, 0.25) is 0 Å². The number of ether oxygens (including phenoxy) is 2. The summed E-state index contributed by atoms with van der Waals surface area (Å²) in [5, 5.41) is 2.58. The normalized spacial score (nSPS) is 11.1. The zero-order chi connectivity index (χ0) is 13.6. The Hall–Kier alpha value is -1.62. The second-order valence-electron chi connectivity index (χ2n) is 4.92. The molecule has 1 amide bonds. The van der Waals surface area contributed by atoms with Gasteiger partial charge in [-0.15, -0.1) is 0 Å². The molecule has 0 aromatic carbocycles. The average molecular weight is 252 g/mol. The van der Waals surface area contributed by atoms with Gasteiger partial charge in [0.1, 0.15) is 11.4 Å². The van der Waals surface area contributed by atoms with E-state index in [0.717, 1.165) is 12.0 Å². The maximum Gasteiger partial charge on any atom is 0.413 e. The van der Waals surface area contributed by atoms with Gasteiger partial charge in [0, 0.05) is 13.3 Å². The van der Waals surface area contributed by atoms with Crippen molar-refractivity contribution in [3.8, 4) is 0 Å². The first-order valence-electron chi connectivity index (χ1n) is 5.84. The summed E-state index contributed by atoms with van der Waals surface area (Å²) in [6.07, 6.45) is 2.02. The molecule has 0 aliphatic carbocycles. The predicted octanol–water partition coefficient (Wildman–Crippen LogP) is 2.62. The molecule has 18 heavy (non-hydrogen) atoms. The van der Waals surface area contributed by atoms with E-state index in [1.807, 2.05) is 26.8 Å². The van der Waals surface area contributed by atoms with Crippen LogP contribution in [0.4, 0.5) is 10.6 Å². The molecule has 0 unspecified atom stereocenters. The Morgan fingerprint density at radius 3 is 2.61 bits per heavy atom. The number of pyridine rings is 1. The Balaban J connectivity index is 2.50. The largest absolute Gasteiger partial charge is 0.444 e. The highest BCUT2D eigenvalue weighted by Crippen LogP contribution is 2.10. The molecule has 0 radical (unpaired) electrons. The number of anilines is 1. The van der Waals surface area contributed by atoms with Gasteiger partial charge in [-0.25, -0.2) is 9.78 Å². The molecule has 1 rings (SSSR count). The van der Waals surface area contributed by atoms with Crippen molar-refractivity contribution in [1.82, 2.24) is 4.98 Å². The van der Waals surface area contributed by atoms with Gasteiger partial charge >= 0.3 is 6.09 Å². The molecule has 0 spiro atoms. The second kappa shape index (κ2) is 6.35. The van der Waals surface area contributed by atoms with Crippen LogP contribution in [0.3, 0.4) is 0 Å². The van der Waals surface area contributed by atoms with Crippen LogP contribution in [0.1, 0.15) is 26.3 Å². The van der Waals surface area contributed by atoms with Crippen LogP contribution in [0, 0.1) is 0 Å². The summed E-state index contributed by atoms with van der Waals surface area (Å²) >= 11 is 0. The summed E-state index contributed by atoms with van der Waals surface area (Å²) in [6.45, 7) is 6.09. The molecule has 0 aliphatic rings. The fourth-order valence-electron chi connectivity index (χ4n) is 1.27. The van der Waals surface area contributed by atoms with E-state index in [1.165, 1.54) is 0 Å². The first-order valence-corrected chi connectivity index (χ1v) is 5.84. The summed E-state index contributed by atoms with van der Waals surface area (Å²) < 4.78 is 10.1. The minimum atomic E-state index is -0.511. The van der Waals surface area contributed by atoms with Gasteiger partial charge in [0.05, 0.1) is 6.61 Å². The lowest BCUT2D eigenvalue weighted by molar-refractivity contribution is 0.0635. The van der Waals surface area contributed by atoms with Crippen molar-refractivity contribution in [3.05, 3.63) is 23.9 Å². The van der Waals surface area contributed by atoms with E-state index in [4.69, 9.17) is 9.47 Å². The van der Waals surface area contributed by atoms with E-state index in [1.54, 1.807) is 19.4 Å². The maximum absolute atomic E-state index is 11.5. The third-order valence-corrected chi connectivity index (χ3v) is 2.05. The Morgan fingerprint density at radius 2 is 2.11 bits per heavy atom. The number of rotatable bonds is 4. The summed E-state index contributed by atoms with van der Waals surface area (Å²) in [6, 6.07) is 3.65. The van der Waals surface area contributed by atoms with E-state index in [0.29, 0.717) is 12.4 Å². The molecule has 1 heterocycles. The summed E-state index contributed by atoms with van der Waals surface area (Å²) in [5.41, 5.74) is 0.550. The van der Waals surface area contributed by atoms with Crippen molar-refractivity contribution in [2.75, 3.05) is 19.0 Å². The highest BCUT2D eigenvalue weighted by atomic mass is 16.6. The first kappa shape index (κ1) is 14.4. The molecule has 5 heteroatoms. The summed E-state index contributed by atoms with van der Waals surface area (Å²) in [7, 11) is 1.66. The van der Waals surface area contributed by atoms with Crippen LogP contribution in [-0.2, 0) is 15.9 Å². The van der Waals surface area contributed by atoms with Crippen LogP contribution in [-0.4, -0.2) is 30.4 Å². The van der Waals surface area contributed by atoms with Gasteiger partial charge < -0.3 is 9.47 Å². The van der Waals surface area contributed by atoms with Crippen molar-refractivity contribution in [3.63, 3.8) is 0 Å². The van der Waals surface area contributed by atoms with Crippen molar-refractivity contribution in [2.24, 2.45) is 0 Å². The lowest BCUT2D eigenvalue weighted by Gasteiger charge is -2.19. The van der Waals surface area contributed by atoms with Gasteiger partial charge in [-0.05, 0) is 38.8 Å². The molecule has 5 nitrogen and oxygen atoms in total. The summed E-state index contributed by atoms with van der Waals surface area (Å²) in [4.78, 5) is 15.6. The third-order valence-electron chi connectivity index (χ3n) is 2.05. The minimum Gasteiger partial charge on any atom is -0.444 e. The van der Waals surface area contributed by atoms with Crippen LogP contribution >= 0.6 is 0 Å². The van der Waals surface area contributed by atoms with Crippen LogP contribution in [0.25, 0.3) is 0 Å². The predicted molar refractivity (Wildman–Crippen MR) is 69.7 cm³/mol. The molecule has 0 aliphatic heterocycles. The smallest absolute Gasteiger partial charge is 0.413 e. The van der Waals surface area contributed by atoms with Crippen LogP contribution < -0.4 is 5.32 Å². The van der Waals surface area contributed by atoms with Crippen molar-refractivity contribution in [2.45, 2.75) is 32.8 Å². The molecule has 0 fully saturated rings. The van der Waals surface area contributed by atoms with Crippen molar-refractivity contribution >= 4 is 11.9 Å². The van der Waals surface area contributed by atoms with E-state index in [2.05, 4.69) is 10.3 Å². The van der Waals surface area contributed by atoms with Gasteiger partial charge in [-0.2, -0.15) is 0 Å². The molecular formula is C13H20N2O3. The molecule has 1 aromatic rings. The molecule has 1 aromatic heterocycles. The van der Waals surface area contributed by atoms with Gasteiger partial charge in [-0.1, -0.05) is 6.07 Å². The van der Waals surface area contributed by atoms with Crippen molar-refractivity contribution in [1.29, 1.82) is 0 Å². The maximum atomic E-state index is 11.5.